The molecule has 0 aliphatic rings. The first-order valence-corrected chi connectivity index (χ1v) is 11.9. The molecular formula is C25H33ClN2O6S. The van der Waals surface area contributed by atoms with E-state index in [0.717, 1.165) is 13.1 Å². The van der Waals surface area contributed by atoms with Crippen LogP contribution in [0.5, 0.6) is 5.75 Å². The van der Waals surface area contributed by atoms with Crippen molar-refractivity contribution in [1.29, 1.82) is 0 Å². The number of thiophene rings is 1. The van der Waals surface area contributed by atoms with Gasteiger partial charge in [0.1, 0.15) is 5.75 Å². The van der Waals surface area contributed by atoms with Crippen molar-refractivity contribution in [3.63, 3.8) is 0 Å². The van der Waals surface area contributed by atoms with E-state index < -0.39 is 0 Å². The Morgan fingerprint density at radius 2 is 1.57 bits per heavy atom. The minimum atomic E-state index is -0.0342. The van der Waals surface area contributed by atoms with Crippen molar-refractivity contribution in [2.45, 2.75) is 53.5 Å². The summed E-state index contributed by atoms with van der Waals surface area (Å²) in [6, 6.07) is 6.91. The van der Waals surface area contributed by atoms with Crippen molar-refractivity contribution in [3.8, 4) is 5.75 Å². The number of halogens is 1. The molecule has 2 rings (SSSR count). The molecule has 0 unspecified atom stereocenters. The number of amides is 1. The number of hydrogen-bond acceptors (Lipinski definition) is 8. The second-order valence-corrected chi connectivity index (χ2v) is 11.3. The zero-order valence-electron chi connectivity index (χ0n) is 21.2. The van der Waals surface area contributed by atoms with E-state index >= 15 is 0 Å². The molecule has 2 aromatic rings. The first kappa shape index (κ1) is 32.2. The second-order valence-electron chi connectivity index (χ2n) is 10.0. The predicted octanol–water partition coefficient (Wildman–Crippen LogP) is 4.75. The Kier molecular flexibility index (Phi) is 13.4. The van der Waals surface area contributed by atoms with E-state index in [1.807, 2.05) is 0 Å². The maximum Gasteiger partial charge on any atom is 0.373 e. The molecule has 1 aromatic carbocycles. The summed E-state index contributed by atoms with van der Waals surface area (Å²) in [6.45, 7) is 15.0. The summed E-state index contributed by atoms with van der Waals surface area (Å²) in [5.41, 5.74) is 2.03. The highest BCUT2D eigenvalue weighted by molar-refractivity contribution is 7.10. The zero-order valence-corrected chi connectivity index (χ0v) is 22.7. The molecule has 0 aliphatic heterocycles. The summed E-state index contributed by atoms with van der Waals surface area (Å²) in [7, 11) is 1.72. The Labute approximate surface area is 215 Å². The van der Waals surface area contributed by atoms with Gasteiger partial charge in [-0.25, -0.2) is 0 Å². The number of hydrogen-bond donors (Lipinski definition) is 1. The average molecular weight is 525 g/mol. The zero-order chi connectivity index (χ0) is 27.4. The first-order valence-electron chi connectivity index (χ1n) is 10.6. The van der Waals surface area contributed by atoms with Gasteiger partial charge in [0.05, 0.1) is 17.3 Å². The van der Waals surface area contributed by atoms with Crippen molar-refractivity contribution in [3.05, 3.63) is 45.1 Å². The van der Waals surface area contributed by atoms with Gasteiger partial charge in [-0.15, -0.1) is 11.3 Å². The van der Waals surface area contributed by atoms with Gasteiger partial charge in [0.2, 0.25) is 5.91 Å². The van der Waals surface area contributed by atoms with Gasteiger partial charge < -0.3 is 10.0 Å². The molecular weight excluding hydrogens is 492 g/mol. The van der Waals surface area contributed by atoms with Crippen LogP contribution in [0.15, 0.2) is 29.6 Å². The van der Waals surface area contributed by atoms with Crippen LogP contribution >= 0.6 is 22.9 Å². The third-order valence-corrected chi connectivity index (χ3v) is 6.23. The maximum absolute atomic E-state index is 13.0. The van der Waals surface area contributed by atoms with Gasteiger partial charge >= 0.3 is 12.3 Å². The quantitative estimate of drug-likeness (QED) is 0.580. The lowest BCUT2D eigenvalue weighted by Gasteiger charge is -2.31. The van der Waals surface area contributed by atoms with E-state index in [1.165, 1.54) is 22.6 Å². The Morgan fingerprint density at radius 3 is 2.00 bits per heavy atom. The van der Waals surface area contributed by atoms with Crippen LogP contribution in [0, 0.1) is 5.41 Å². The highest BCUT2D eigenvalue weighted by atomic mass is 35.5. The fraction of sp³-hybridized carbons (Fsp3) is 0.480. The number of rotatable bonds is 6. The van der Waals surface area contributed by atoms with Crippen LogP contribution in [0.2, 0.25) is 5.02 Å². The molecule has 1 aromatic heterocycles. The maximum atomic E-state index is 13.0. The van der Waals surface area contributed by atoms with Gasteiger partial charge in [-0.1, -0.05) is 53.1 Å². The molecule has 0 saturated carbocycles. The Hall–Kier alpha value is -2.80. The topological polar surface area (TPSA) is 112 Å². The molecule has 0 bridgehead atoms. The standard InChI is InChI=1S/C23H33ClN2O2S.2CO2/c1-22(2,3)15-26(12-16-10-20(29-14-16)23(4,5)6)13-21(28)25(7)19-9-8-17(27)11-18(19)24;2*2-1-3/h8-11,14,27H,12-13,15H2,1-7H3;;. The summed E-state index contributed by atoms with van der Waals surface area (Å²) in [4.78, 5) is 50.6. The molecule has 8 nitrogen and oxygen atoms in total. The highest BCUT2D eigenvalue weighted by Crippen LogP contribution is 2.31. The first-order chi connectivity index (χ1) is 16.1. The van der Waals surface area contributed by atoms with Crippen LogP contribution in [0.25, 0.3) is 0 Å². The third-order valence-electron chi connectivity index (χ3n) is 4.52. The average Bonchev–Trinajstić information content (AvgIpc) is 3.16. The van der Waals surface area contributed by atoms with E-state index in [4.69, 9.17) is 30.8 Å². The van der Waals surface area contributed by atoms with Crippen LogP contribution < -0.4 is 4.90 Å². The van der Waals surface area contributed by atoms with Gasteiger partial charge in [-0.05, 0) is 40.0 Å². The van der Waals surface area contributed by atoms with Crippen molar-refractivity contribution in [2.24, 2.45) is 5.41 Å². The molecule has 1 N–H and O–H groups in total. The molecule has 0 aliphatic carbocycles. The van der Waals surface area contributed by atoms with Gasteiger partial charge in [0.15, 0.2) is 0 Å². The number of aromatic hydroxyl groups is 1. The van der Waals surface area contributed by atoms with Crippen LogP contribution in [0.3, 0.4) is 0 Å². The molecule has 10 heteroatoms. The molecule has 0 fully saturated rings. The molecule has 0 atom stereocenters. The molecule has 0 radical (unpaired) electrons. The number of nitrogens with zero attached hydrogens (tertiary/aromatic N) is 2. The Bertz CT molecular complexity index is 1020. The summed E-state index contributed by atoms with van der Waals surface area (Å²) in [5.74, 6) is 0.0502. The van der Waals surface area contributed by atoms with Crippen LogP contribution in [-0.2, 0) is 35.9 Å². The van der Waals surface area contributed by atoms with E-state index in [0.29, 0.717) is 17.3 Å². The smallest absolute Gasteiger partial charge is 0.373 e. The minimum absolute atomic E-state index is 0.0342. The lowest BCUT2D eigenvalue weighted by Crippen LogP contribution is -2.41. The Balaban J connectivity index is 0.00000174. The van der Waals surface area contributed by atoms with Gasteiger partial charge in [0.25, 0.3) is 0 Å². The number of carbonyl (C=O) groups excluding carboxylic acids is 5. The number of benzene rings is 1. The SMILES string of the molecule is CN(C(=O)CN(Cc1csc(C(C)(C)C)c1)CC(C)(C)C)c1ccc(O)cc1Cl.O=C=O.O=C=O. The lowest BCUT2D eigenvalue weighted by molar-refractivity contribution is -0.193. The largest absolute Gasteiger partial charge is 0.508 e. The number of phenols is 1. The van der Waals surface area contributed by atoms with Crippen molar-refractivity contribution in [1.82, 2.24) is 4.90 Å². The second kappa shape index (κ2) is 14.6. The number of carbonyl (C=O) groups is 1. The molecule has 1 amide bonds. The van der Waals surface area contributed by atoms with Crippen molar-refractivity contribution < 1.29 is 29.1 Å². The molecule has 0 saturated heterocycles. The fourth-order valence-corrected chi connectivity index (χ4v) is 4.44. The third kappa shape index (κ3) is 12.5. The van der Waals surface area contributed by atoms with E-state index in [2.05, 4.69) is 57.9 Å². The predicted molar refractivity (Wildman–Crippen MR) is 134 cm³/mol. The van der Waals surface area contributed by atoms with E-state index in [9.17, 15) is 9.90 Å². The van der Waals surface area contributed by atoms with Crippen molar-refractivity contribution in [2.75, 3.05) is 25.0 Å². The van der Waals surface area contributed by atoms with Crippen LogP contribution in [-0.4, -0.2) is 48.4 Å². The van der Waals surface area contributed by atoms with Gasteiger partial charge in [0, 0.05) is 31.1 Å². The molecule has 192 valence electrons. The number of phenolic OH excluding ortho intramolecular Hbond substituents is 1. The van der Waals surface area contributed by atoms with Gasteiger partial charge in [-0.2, -0.15) is 19.2 Å². The molecule has 1 heterocycles. The highest BCUT2D eigenvalue weighted by Gasteiger charge is 2.23. The normalized spacial score (nSPS) is 10.8. The summed E-state index contributed by atoms with van der Waals surface area (Å²) in [6.07, 6.45) is 0.500. The number of likely N-dealkylation sites (N-methyl/N-ethyl adjacent to an activating group) is 1. The summed E-state index contributed by atoms with van der Waals surface area (Å²) < 4.78 is 0. The molecule has 35 heavy (non-hydrogen) atoms. The Morgan fingerprint density at radius 1 is 1.03 bits per heavy atom. The minimum Gasteiger partial charge on any atom is -0.508 e. The van der Waals surface area contributed by atoms with E-state index in [-0.39, 0.29) is 34.8 Å². The van der Waals surface area contributed by atoms with E-state index in [1.54, 1.807) is 29.4 Å². The molecule has 0 spiro atoms. The summed E-state index contributed by atoms with van der Waals surface area (Å²) >= 11 is 8.00. The fourth-order valence-electron chi connectivity index (χ4n) is 3.15. The van der Waals surface area contributed by atoms with Gasteiger partial charge in [-0.3, -0.25) is 9.69 Å². The van der Waals surface area contributed by atoms with Crippen LogP contribution in [0.1, 0.15) is 52.0 Å². The monoisotopic (exact) mass is 524 g/mol. The lowest BCUT2D eigenvalue weighted by atomic mass is 9.94. The summed E-state index contributed by atoms with van der Waals surface area (Å²) in [5, 5.41) is 12.1. The van der Waals surface area contributed by atoms with Crippen molar-refractivity contribution >= 4 is 46.8 Å². The number of anilines is 1. The van der Waals surface area contributed by atoms with Crippen LogP contribution in [0.4, 0.5) is 5.69 Å².